The van der Waals surface area contributed by atoms with Gasteiger partial charge in [-0.3, -0.25) is 0 Å². The van der Waals surface area contributed by atoms with Crippen molar-refractivity contribution in [3.63, 3.8) is 0 Å². The number of aromatic nitrogens is 4. The number of para-hydroxylation sites is 2. The Morgan fingerprint density at radius 2 is 0.466 bits per heavy atom. The molecule has 2 heterocycles. The monoisotopic (exact) mass is 930 g/mol. The molecule has 0 aliphatic heterocycles. The predicted molar refractivity (Wildman–Crippen MR) is 303 cm³/mol. The smallest absolute Gasteiger partial charge is 0.164 e. The number of hydrogen-bond acceptors (Lipinski definition) is 3. The summed E-state index contributed by atoms with van der Waals surface area (Å²) in [7, 11) is 0. The minimum Gasteiger partial charge on any atom is -0.309 e. The van der Waals surface area contributed by atoms with Crippen molar-refractivity contribution in [1.29, 1.82) is 0 Å². The topological polar surface area (TPSA) is 43.6 Å². The summed E-state index contributed by atoms with van der Waals surface area (Å²) in [4.78, 5) is 15.7. The van der Waals surface area contributed by atoms with Gasteiger partial charge in [-0.1, -0.05) is 224 Å². The van der Waals surface area contributed by atoms with E-state index < -0.39 is 0 Å². The summed E-state index contributed by atoms with van der Waals surface area (Å²) in [6, 6.07) is 99.0. The number of hydrogen-bond donors (Lipinski definition) is 0. The molecule has 0 aliphatic rings. The Bertz CT molecular complexity index is 4080. The van der Waals surface area contributed by atoms with Gasteiger partial charge in [0.25, 0.3) is 0 Å². The fourth-order valence-electron chi connectivity index (χ4n) is 10.2. The number of rotatable bonds is 10. The average Bonchev–Trinajstić information content (AvgIpc) is 3.82. The van der Waals surface area contributed by atoms with Gasteiger partial charge in [-0.15, -0.1) is 0 Å². The van der Waals surface area contributed by atoms with Crippen LogP contribution in [-0.2, 0) is 0 Å². The first-order valence-corrected chi connectivity index (χ1v) is 24.7. The first-order chi connectivity index (χ1) is 36.1. The predicted octanol–water partition coefficient (Wildman–Crippen LogP) is 18.0. The van der Waals surface area contributed by atoms with Crippen molar-refractivity contribution in [1.82, 2.24) is 19.5 Å². The summed E-state index contributed by atoms with van der Waals surface area (Å²) < 4.78 is 2.36. The largest absolute Gasteiger partial charge is 0.309 e. The molecule has 0 atom stereocenters. The van der Waals surface area contributed by atoms with Crippen molar-refractivity contribution >= 4 is 21.8 Å². The van der Waals surface area contributed by atoms with Gasteiger partial charge in [0.1, 0.15) is 0 Å². The molecule has 0 unspecified atom stereocenters. The van der Waals surface area contributed by atoms with E-state index in [2.05, 4.69) is 284 Å². The fraction of sp³-hybridized carbons (Fsp3) is 0. The molecule has 0 saturated heterocycles. The Morgan fingerprint density at radius 3 is 0.890 bits per heavy atom. The summed E-state index contributed by atoms with van der Waals surface area (Å²) in [5.74, 6) is 1.81. The second-order valence-electron chi connectivity index (χ2n) is 18.4. The lowest BCUT2D eigenvalue weighted by molar-refractivity contribution is 1.07. The van der Waals surface area contributed by atoms with Crippen LogP contribution < -0.4 is 0 Å². The van der Waals surface area contributed by atoms with Crippen LogP contribution in [0.5, 0.6) is 0 Å². The van der Waals surface area contributed by atoms with Crippen LogP contribution in [0.1, 0.15) is 0 Å². The molecule has 0 amide bonds. The van der Waals surface area contributed by atoms with E-state index in [-0.39, 0.29) is 0 Å². The minimum absolute atomic E-state index is 0.603. The molecule has 0 spiro atoms. The van der Waals surface area contributed by atoms with E-state index in [9.17, 15) is 0 Å². The highest BCUT2D eigenvalue weighted by Crippen LogP contribution is 2.36. The van der Waals surface area contributed by atoms with Gasteiger partial charge >= 0.3 is 0 Å². The second kappa shape index (κ2) is 18.9. The summed E-state index contributed by atoms with van der Waals surface area (Å²) in [5, 5.41) is 2.48. The van der Waals surface area contributed by atoms with Crippen molar-refractivity contribution in [2.75, 3.05) is 0 Å². The first-order valence-electron chi connectivity index (χ1n) is 24.7. The maximum atomic E-state index is 5.26. The zero-order valence-corrected chi connectivity index (χ0v) is 39.8. The highest BCUT2D eigenvalue weighted by Gasteiger charge is 2.17. The van der Waals surface area contributed by atoms with Gasteiger partial charge in [0, 0.05) is 33.2 Å². The second-order valence-corrected chi connectivity index (χ2v) is 18.4. The van der Waals surface area contributed by atoms with Crippen molar-refractivity contribution in [3.8, 4) is 107 Å². The van der Waals surface area contributed by atoms with Crippen molar-refractivity contribution in [3.05, 3.63) is 279 Å². The summed E-state index contributed by atoms with van der Waals surface area (Å²) >= 11 is 0. The highest BCUT2D eigenvalue weighted by molar-refractivity contribution is 6.09. The third-order valence-electron chi connectivity index (χ3n) is 13.8. The van der Waals surface area contributed by atoms with Gasteiger partial charge in [0.05, 0.1) is 11.0 Å². The van der Waals surface area contributed by atoms with Gasteiger partial charge < -0.3 is 4.57 Å². The van der Waals surface area contributed by atoms with Crippen LogP contribution in [-0.4, -0.2) is 19.5 Å². The van der Waals surface area contributed by atoms with Crippen molar-refractivity contribution < 1.29 is 0 Å². The quantitative estimate of drug-likeness (QED) is 0.137. The molecule has 0 bridgehead atoms. The van der Waals surface area contributed by atoms with E-state index in [0.717, 1.165) is 55.8 Å². The standard InChI is InChI=1S/C69H46N4/c1-3-17-47(18-4-1)51-21-11-24-54(41-51)55-25-13-23-53(43-55)49-37-39-50(40-38-49)67-70-68(60-30-14-27-57(44-60)56-26-12-22-52(42-56)48-19-5-2-6-20-48)72-69(71-67)61-31-15-28-58(45-61)59-29-16-32-62(46-59)73-65-35-9-7-33-63(65)64-34-8-10-36-66(64)73/h1-46H. The molecule has 342 valence electrons. The molecule has 0 radical (unpaired) electrons. The van der Waals surface area contributed by atoms with E-state index in [1.165, 1.54) is 55.2 Å². The lowest BCUT2D eigenvalue weighted by Crippen LogP contribution is -2.00. The van der Waals surface area contributed by atoms with Gasteiger partial charge in [-0.2, -0.15) is 0 Å². The van der Waals surface area contributed by atoms with Crippen LogP contribution in [0.25, 0.3) is 128 Å². The molecule has 4 heteroatoms. The van der Waals surface area contributed by atoms with Crippen molar-refractivity contribution in [2.24, 2.45) is 0 Å². The van der Waals surface area contributed by atoms with E-state index in [0.29, 0.717) is 17.5 Å². The van der Waals surface area contributed by atoms with Gasteiger partial charge in [-0.25, -0.2) is 15.0 Å². The Balaban J connectivity index is 0.881. The zero-order chi connectivity index (χ0) is 48.5. The molecule has 0 fully saturated rings. The number of fused-ring (bicyclic) bond motifs is 3. The van der Waals surface area contributed by atoms with E-state index in [4.69, 9.17) is 15.0 Å². The van der Waals surface area contributed by atoms with E-state index in [1.54, 1.807) is 0 Å². The highest BCUT2D eigenvalue weighted by atomic mass is 15.0. The molecular weight excluding hydrogens is 885 g/mol. The number of nitrogens with zero attached hydrogens (tertiary/aromatic N) is 4. The number of benzene rings is 11. The molecule has 4 nitrogen and oxygen atoms in total. The molecule has 13 rings (SSSR count). The lowest BCUT2D eigenvalue weighted by Gasteiger charge is -2.12. The van der Waals surface area contributed by atoms with Crippen LogP contribution in [0.4, 0.5) is 0 Å². The van der Waals surface area contributed by atoms with E-state index in [1.807, 2.05) is 0 Å². The van der Waals surface area contributed by atoms with Gasteiger partial charge in [0.15, 0.2) is 17.5 Å². The fourth-order valence-corrected chi connectivity index (χ4v) is 10.2. The maximum absolute atomic E-state index is 5.26. The van der Waals surface area contributed by atoms with Crippen LogP contribution >= 0.6 is 0 Å². The van der Waals surface area contributed by atoms with Crippen LogP contribution in [0.15, 0.2) is 279 Å². The Morgan fingerprint density at radius 1 is 0.192 bits per heavy atom. The van der Waals surface area contributed by atoms with Crippen LogP contribution in [0.2, 0.25) is 0 Å². The molecule has 11 aromatic carbocycles. The normalized spacial score (nSPS) is 11.3. The third-order valence-corrected chi connectivity index (χ3v) is 13.8. The molecule has 0 saturated carbocycles. The third kappa shape index (κ3) is 8.58. The van der Waals surface area contributed by atoms with E-state index >= 15 is 0 Å². The van der Waals surface area contributed by atoms with Crippen LogP contribution in [0.3, 0.4) is 0 Å². The summed E-state index contributed by atoms with van der Waals surface area (Å²) in [6.45, 7) is 0. The summed E-state index contributed by atoms with van der Waals surface area (Å²) in [6.07, 6.45) is 0. The SMILES string of the molecule is c1ccc(-c2cccc(-c3cccc(-c4ccc(-c5nc(-c6cccc(-c7cccc(-c8ccccc8)c7)c6)nc(-c6cccc(-c7cccc(-n8c9ccccc9c9ccccc98)c7)c6)n5)cc4)c3)c2)cc1. The molecule has 13 aromatic rings. The maximum Gasteiger partial charge on any atom is 0.164 e. The Kier molecular flexibility index (Phi) is 11.2. The lowest BCUT2D eigenvalue weighted by atomic mass is 9.96. The minimum atomic E-state index is 0.603. The van der Waals surface area contributed by atoms with Crippen LogP contribution in [0, 0.1) is 0 Å². The van der Waals surface area contributed by atoms with Crippen molar-refractivity contribution in [2.45, 2.75) is 0 Å². The molecule has 0 aliphatic carbocycles. The molecular formula is C69H46N4. The van der Waals surface area contributed by atoms with Gasteiger partial charge in [-0.05, 0) is 121 Å². The molecule has 2 aromatic heterocycles. The van der Waals surface area contributed by atoms with Gasteiger partial charge in [0.2, 0.25) is 0 Å². The Labute approximate surface area is 424 Å². The average molecular weight is 931 g/mol. The summed E-state index contributed by atoms with van der Waals surface area (Å²) in [5.41, 5.74) is 19.9. The Hall–Kier alpha value is -9.77. The zero-order valence-electron chi connectivity index (χ0n) is 39.8. The first kappa shape index (κ1) is 43.3. The molecule has 73 heavy (non-hydrogen) atoms. The molecule has 0 N–H and O–H groups in total.